The SMILES string of the molecule is N#C/C(=C\c1cc(I)c(OCC(=O)O)c(I)c1)C(=O)Nc1sc2c(c1C#N)CCCC2. The number of nitrogens with one attached hydrogen (secondary N) is 1. The van der Waals surface area contributed by atoms with Crippen LogP contribution >= 0.6 is 56.5 Å². The minimum Gasteiger partial charge on any atom is -0.480 e. The number of carbonyl (C=O) groups excluding carboxylic acids is 1. The van der Waals surface area contributed by atoms with Crippen molar-refractivity contribution in [2.45, 2.75) is 25.7 Å². The molecule has 3 rings (SSSR count). The Morgan fingerprint density at radius 1 is 1.23 bits per heavy atom. The molecule has 1 heterocycles. The number of carboxylic acid groups (broad SMARTS) is 1. The lowest BCUT2D eigenvalue weighted by Crippen LogP contribution is -2.13. The fraction of sp³-hybridized carbons (Fsp3) is 0.238. The molecule has 0 fully saturated rings. The Hall–Kier alpha value is -2.16. The number of nitriles is 2. The van der Waals surface area contributed by atoms with Gasteiger partial charge in [-0.1, -0.05) is 0 Å². The summed E-state index contributed by atoms with van der Waals surface area (Å²) in [5, 5.41) is 31.1. The molecule has 1 aromatic carbocycles. The molecular formula is C21H15I2N3O4S. The second kappa shape index (κ2) is 10.4. The third-order valence-electron chi connectivity index (χ3n) is 4.55. The number of anilines is 1. The van der Waals surface area contributed by atoms with Gasteiger partial charge in [-0.15, -0.1) is 11.3 Å². The number of benzene rings is 1. The van der Waals surface area contributed by atoms with E-state index in [0.717, 1.165) is 36.1 Å². The minimum absolute atomic E-state index is 0.0962. The van der Waals surface area contributed by atoms with Gasteiger partial charge in [-0.2, -0.15) is 10.5 Å². The standard InChI is InChI=1S/C21H15I2N3O4S/c22-15-6-11(7-16(23)19(15)30-10-18(27)28)5-12(8-24)20(29)26-21-14(9-25)13-3-1-2-4-17(13)31-21/h5-7H,1-4,10H2,(H,26,29)(H,27,28)/b12-5+. The van der Waals surface area contributed by atoms with Gasteiger partial charge in [-0.3, -0.25) is 4.79 Å². The molecule has 1 aromatic heterocycles. The van der Waals surface area contributed by atoms with Crippen LogP contribution in [0.3, 0.4) is 0 Å². The zero-order valence-corrected chi connectivity index (χ0v) is 21.1. The maximum Gasteiger partial charge on any atom is 0.341 e. The van der Waals surface area contributed by atoms with Crippen LogP contribution in [0.4, 0.5) is 5.00 Å². The summed E-state index contributed by atoms with van der Waals surface area (Å²) in [5.74, 6) is -1.22. The molecular weight excluding hydrogens is 644 g/mol. The molecule has 0 unspecified atom stereocenters. The fourth-order valence-electron chi connectivity index (χ4n) is 3.19. The first-order valence-corrected chi connectivity index (χ1v) is 12.1. The van der Waals surface area contributed by atoms with Crippen LogP contribution in [0.15, 0.2) is 17.7 Å². The van der Waals surface area contributed by atoms with Gasteiger partial charge in [0.1, 0.15) is 28.5 Å². The van der Waals surface area contributed by atoms with Gasteiger partial charge in [0.15, 0.2) is 6.61 Å². The van der Waals surface area contributed by atoms with Crippen molar-refractivity contribution in [1.29, 1.82) is 10.5 Å². The van der Waals surface area contributed by atoms with Gasteiger partial charge in [-0.25, -0.2) is 4.79 Å². The zero-order chi connectivity index (χ0) is 22.5. The van der Waals surface area contributed by atoms with Crippen molar-refractivity contribution >= 4 is 79.5 Å². The highest BCUT2D eigenvalue weighted by Gasteiger charge is 2.23. The Morgan fingerprint density at radius 3 is 2.52 bits per heavy atom. The molecule has 0 atom stereocenters. The van der Waals surface area contributed by atoms with Crippen LogP contribution in [-0.2, 0) is 22.4 Å². The van der Waals surface area contributed by atoms with Crippen LogP contribution in [0, 0.1) is 29.8 Å². The van der Waals surface area contributed by atoms with Gasteiger partial charge in [0.2, 0.25) is 0 Å². The highest BCUT2D eigenvalue weighted by atomic mass is 127. The highest BCUT2D eigenvalue weighted by molar-refractivity contribution is 14.1. The number of aryl methyl sites for hydroxylation is 1. The van der Waals surface area contributed by atoms with Gasteiger partial charge >= 0.3 is 5.97 Å². The van der Waals surface area contributed by atoms with E-state index in [1.165, 1.54) is 17.4 Å². The van der Waals surface area contributed by atoms with E-state index < -0.39 is 18.5 Å². The highest BCUT2D eigenvalue weighted by Crippen LogP contribution is 2.38. The Labute approximate surface area is 210 Å². The number of amides is 1. The normalized spacial score (nSPS) is 13.0. The minimum atomic E-state index is -1.08. The number of halogens is 2. The number of nitrogens with zero attached hydrogens (tertiary/aromatic N) is 2. The fourth-order valence-corrected chi connectivity index (χ4v) is 6.56. The van der Waals surface area contributed by atoms with Crippen LogP contribution in [0.5, 0.6) is 5.75 Å². The summed E-state index contributed by atoms with van der Waals surface area (Å²) in [6.45, 7) is -0.459. The van der Waals surface area contributed by atoms with E-state index in [9.17, 15) is 20.1 Å². The summed E-state index contributed by atoms with van der Waals surface area (Å²) < 4.78 is 6.62. The lowest BCUT2D eigenvalue weighted by Gasteiger charge is -2.10. The average Bonchev–Trinajstić information content (AvgIpc) is 3.07. The summed E-state index contributed by atoms with van der Waals surface area (Å²) in [6, 6.07) is 7.52. The number of hydrogen-bond acceptors (Lipinski definition) is 6. The molecule has 0 aliphatic heterocycles. The summed E-state index contributed by atoms with van der Waals surface area (Å²) in [6.07, 6.45) is 5.29. The number of ether oxygens (including phenoxy) is 1. The number of aliphatic carboxylic acids is 1. The van der Waals surface area contributed by atoms with Crippen LogP contribution in [0.25, 0.3) is 6.08 Å². The quantitative estimate of drug-likeness (QED) is 0.263. The largest absolute Gasteiger partial charge is 0.480 e. The summed E-state index contributed by atoms with van der Waals surface area (Å²) in [4.78, 5) is 24.6. The number of rotatable bonds is 6. The van der Waals surface area contributed by atoms with Crippen molar-refractivity contribution in [1.82, 2.24) is 0 Å². The van der Waals surface area contributed by atoms with Gasteiger partial charge in [0, 0.05) is 4.88 Å². The third kappa shape index (κ3) is 5.56. The number of thiophene rings is 1. The van der Waals surface area contributed by atoms with E-state index >= 15 is 0 Å². The molecule has 0 saturated carbocycles. The van der Waals surface area contributed by atoms with Crippen molar-refractivity contribution in [2.75, 3.05) is 11.9 Å². The van der Waals surface area contributed by atoms with Gasteiger partial charge in [0.05, 0.1) is 12.7 Å². The summed E-state index contributed by atoms with van der Waals surface area (Å²) in [5.41, 5.74) is 2.02. The smallest absolute Gasteiger partial charge is 0.341 e. The van der Waals surface area contributed by atoms with Gasteiger partial charge in [-0.05, 0) is 100 Å². The van der Waals surface area contributed by atoms with E-state index in [1.54, 1.807) is 12.1 Å². The molecule has 0 spiro atoms. The molecule has 0 radical (unpaired) electrons. The van der Waals surface area contributed by atoms with Crippen LogP contribution in [0.2, 0.25) is 0 Å². The summed E-state index contributed by atoms with van der Waals surface area (Å²) >= 11 is 5.43. The Kier molecular flexibility index (Phi) is 7.91. The van der Waals surface area contributed by atoms with E-state index in [1.807, 2.05) is 51.3 Å². The van der Waals surface area contributed by atoms with Crippen LogP contribution in [0.1, 0.15) is 34.4 Å². The number of carbonyl (C=O) groups is 2. The van der Waals surface area contributed by atoms with Crippen molar-refractivity contribution in [3.05, 3.63) is 46.4 Å². The monoisotopic (exact) mass is 659 g/mol. The Bertz CT molecular complexity index is 1150. The van der Waals surface area contributed by atoms with Crippen LogP contribution < -0.4 is 10.1 Å². The number of hydrogen-bond donors (Lipinski definition) is 2. The van der Waals surface area contributed by atoms with E-state index in [4.69, 9.17) is 9.84 Å². The maximum absolute atomic E-state index is 12.7. The molecule has 10 heteroatoms. The first-order valence-electron chi connectivity index (χ1n) is 9.15. The van der Waals surface area contributed by atoms with E-state index in [-0.39, 0.29) is 5.57 Å². The average molecular weight is 659 g/mol. The number of fused-ring (bicyclic) bond motifs is 1. The molecule has 2 N–H and O–H groups in total. The van der Waals surface area contributed by atoms with Crippen molar-refractivity contribution in [3.63, 3.8) is 0 Å². The molecule has 1 aliphatic carbocycles. The molecule has 31 heavy (non-hydrogen) atoms. The predicted molar refractivity (Wildman–Crippen MR) is 133 cm³/mol. The van der Waals surface area contributed by atoms with Crippen LogP contribution in [-0.4, -0.2) is 23.6 Å². The Balaban J connectivity index is 1.85. The topological polar surface area (TPSA) is 123 Å². The zero-order valence-electron chi connectivity index (χ0n) is 16.0. The van der Waals surface area contributed by atoms with E-state index in [0.29, 0.717) is 29.0 Å². The molecule has 2 aromatic rings. The lowest BCUT2D eigenvalue weighted by molar-refractivity contribution is -0.139. The maximum atomic E-state index is 12.7. The molecule has 7 nitrogen and oxygen atoms in total. The van der Waals surface area contributed by atoms with Gasteiger partial charge in [0.25, 0.3) is 5.91 Å². The van der Waals surface area contributed by atoms with Crippen molar-refractivity contribution in [3.8, 4) is 17.9 Å². The molecule has 158 valence electrons. The van der Waals surface area contributed by atoms with Gasteiger partial charge < -0.3 is 15.2 Å². The summed E-state index contributed by atoms with van der Waals surface area (Å²) in [7, 11) is 0. The second-order valence-corrected chi connectivity index (χ2v) is 10.1. The Morgan fingerprint density at radius 2 is 1.90 bits per heavy atom. The second-order valence-electron chi connectivity index (χ2n) is 6.65. The first-order chi connectivity index (χ1) is 14.8. The molecule has 0 bridgehead atoms. The third-order valence-corrected chi connectivity index (χ3v) is 7.36. The predicted octanol–water partition coefficient (Wildman–Crippen LogP) is 4.72. The van der Waals surface area contributed by atoms with Crippen molar-refractivity contribution < 1.29 is 19.4 Å². The molecule has 1 amide bonds. The molecule has 0 saturated heterocycles. The van der Waals surface area contributed by atoms with E-state index in [2.05, 4.69) is 11.4 Å². The molecule has 1 aliphatic rings. The van der Waals surface area contributed by atoms with Crippen molar-refractivity contribution in [2.24, 2.45) is 0 Å². The number of carboxylic acids is 1. The first kappa shape index (κ1) is 23.5. The lowest BCUT2D eigenvalue weighted by atomic mass is 9.96.